The zero-order valence-electron chi connectivity index (χ0n) is 14.4. The lowest BCUT2D eigenvalue weighted by Gasteiger charge is -2.14. The predicted octanol–water partition coefficient (Wildman–Crippen LogP) is 3.50. The van der Waals surface area contributed by atoms with Gasteiger partial charge < -0.3 is 19.3 Å². The molecule has 1 N–H and O–H groups in total. The number of aryl methyl sites for hydroxylation is 2. The molecule has 0 bridgehead atoms. The van der Waals surface area contributed by atoms with Crippen LogP contribution in [0.15, 0.2) is 30.3 Å². The summed E-state index contributed by atoms with van der Waals surface area (Å²) in [6.45, 7) is 1.84. The van der Waals surface area contributed by atoms with Crippen LogP contribution >= 0.6 is 0 Å². The molecule has 0 atom stereocenters. The quantitative estimate of drug-likeness (QED) is 0.841. The minimum absolute atomic E-state index is 0.345. The molecule has 0 radical (unpaired) electrons. The summed E-state index contributed by atoms with van der Waals surface area (Å²) >= 11 is 0. The van der Waals surface area contributed by atoms with Crippen LogP contribution in [-0.4, -0.2) is 32.4 Å². The van der Waals surface area contributed by atoms with E-state index in [2.05, 4.69) is 0 Å². The normalized spacial score (nSPS) is 10.3. The summed E-state index contributed by atoms with van der Waals surface area (Å²) in [5.74, 6) is 0.889. The zero-order valence-corrected chi connectivity index (χ0v) is 14.4. The molecule has 0 saturated heterocycles. The number of hydrogen-bond acceptors (Lipinski definition) is 4. The second kappa shape index (κ2) is 7.73. The molecule has 0 unspecified atom stereocenters. The van der Waals surface area contributed by atoms with E-state index >= 15 is 0 Å². The van der Waals surface area contributed by atoms with Crippen LogP contribution in [0.5, 0.6) is 17.2 Å². The van der Waals surface area contributed by atoms with Crippen molar-refractivity contribution >= 4 is 5.97 Å². The summed E-state index contributed by atoms with van der Waals surface area (Å²) < 4.78 is 16.0. The van der Waals surface area contributed by atoms with Crippen molar-refractivity contribution in [2.75, 3.05) is 21.3 Å². The maximum atomic E-state index is 11.2. The molecule has 0 saturated carbocycles. The van der Waals surface area contributed by atoms with E-state index in [-0.39, 0.29) is 0 Å². The van der Waals surface area contributed by atoms with Crippen molar-refractivity contribution in [3.8, 4) is 17.2 Å². The van der Waals surface area contributed by atoms with Crippen LogP contribution < -0.4 is 14.2 Å². The van der Waals surface area contributed by atoms with E-state index in [1.54, 1.807) is 33.5 Å². The van der Waals surface area contributed by atoms with Gasteiger partial charge in [-0.2, -0.15) is 0 Å². The van der Waals surface area contributed by atoms with Gasteiger partial charge in [-0.25, -0.2) is 4.79 Å². The molecule has 2 aromatic carbocycles. The molecule has 0 aliphatic heterocycles. The summed E-state index contributed by atoms with van der Waals surface area (Å²) in [6, 6.07) is 9.19. The van der Waals surface area contributed by atoms with Crippen LogP contribution in [0.1, 0.15) is 27.0 Å². The first-order valence-electron chi connectivity index (χ1n) is 7.62. The Balaban J connectivity index is 2.27. The van der Waals surface area contributed by atoms with E-state index in [0.717, 1.165) is 29.5 Å². The van der Waals surface area contributed by atoms with Gasteiger partial charge in [0.2, 0.25) is 5.75 Å². The predicted molar refractivity (Wildman–Crippen MR) is 91.6 cm³/mol. The second-order valence-corrected chi connectivity index (χ2v) is 5.43. The number of hydrogen-bond donors (Lipinski definition) is 1. The average molecular weight is 330 g/mol. The number of rotatable bonds is 7. The van der Waals surface area contributed by atoms with E-state index in [1.165, 1.54) is 0 Å². The molecule has 2 aromatic rings. The number of methoxy groups -OCH3 is 3. The molecule has 5 nitrogen and oxygen atoms in total. The molecule has 24 heavy (non-hydrogen) atoms. The Morgan fingerprint density at radius 3 is 2.12 bits per heavy atom. The second-order valence-electron chi connectivity index (χ2n) is 5.43. The summed E-state index contributed by atoms with van der Waals surface area (Å²) in [5.41, 5.74) is 3.20. The molecule has 128 valence electrons. The lowest BCUT2D eigenvalue weighted by Crippen LogP contribution is -2.04. The Morgan fingerprint density at radius 2 is 1.62 bits per heavy atom. The monoisotopic (exact) mass is 330 g/mol. The van der Waals surface area contributed by atoms with Crippen LogP contribution in [0.3, 0.4) is 0 Å². The van der Waals surface area contributed by atoms with E-state index in [9.17, 15) is 9.90 Å². The molecule has 0 aromatic heterocycles. The number of ether oxygens (including phenoxy) is 3. The van der Waals surface area contributed by atoms with Crippen molar-refractivity contribution in [3.63, 3.8) is 0 Å². The van der Waals surface area contributed by atoms with Gasteiger partial charge in [-0.05, 0) is 54.7 Å². The Hall–Kier alpha value is -2.69. The fourth-order valence-corrected chi connectivity index (χ4v) is 2.74. The van der Waals surface area contributed by atoms with Crippen molar-refractivity contribution in [2.45, 2.75) is 19.8 Å². The van der Waals surface area contributed by atoms with E-state index in [0.29, 0.717) is 22.8 Å². The van der Waals surface area contributed by atoms with Crippen molar-refractivity contribution < 1.29 is 24.1 Å². The molecular formula is C19H22O5. The highest BCUT2D eigenvalue weighted by Crippen LogP contribution is 2.38. The van der Waals surface area contributed by atoms with Crippen molar-refractivity contribution in [2.24, 2.45) is 0 Å². The van der Waals surface area contributed by atoms with Crippen LogP contribution in [0.25, 0.3) is 0 Å². The highest BCUT2D eigenvalue weighted by molar-refractivity contribution is 5.89. The van der Waals surface area contributed by atoms with E-state index < -0.39 is 5.97 Å². The summed E-state index contributed by atoms with van der Waals surface area (Å²) in [4.78, 5) is 11.2. The van der Waals surface area contributed by atoms with E-state index in [4.69, 9.17) is 14.2 Å². The Morgan fingerprint density at radius 1 is 1.00 bits per heavy atom. The van der Waals surface area contributed by atoms with Gasteiger partial charge >= 0.3 is 5.97 Å². The van der Waals surface area contributed by atoms with Crippen molar-refractivity contribution in [3.05, 3.63) is 52.6 Å². The fourth-order valence-electron chi connectivity index (χ4n) is 2.74. The third-order valence-electron chi connectivity index (χ3n) is 4.08. The molecule has 2 rings (SSSR count). The topological polar surface area (TPSA) is 65.0 Å². The van der Waals surface area contributed by atoms with Gasteiger partial charge in [-0.3, -0.25) is 0 Å². The van der Waals surface area contributed by atoms with Crippen LogP contribution in [0.4, 0.5) is 0 Å². The van der Waals surface area contributed by atoms with Crippen LogP contribution in [0, 0.1) is 6.92 Å². The summed E-state index contributed by atoms with van der Waals surface area (Å²) in [7, 11) is 4.74. The van der Waals surface area contributed by atoms with Gasteiger partial charge in [0.05, 0.1) is 26.9 Å². The maximum absolute atomic E-state index is 11.2. The standard InChI is InChI=1S/C19H22O5/c1-12-14(6-5-7-15(12)19(20)21)9-8-13-10-16(22-2)18(24-4)17(11-13)23-3/h5-7,10-11H,8-9H2,1-4H3,(H,20,21). The number of carboxylic acids is 1. The summed E-state index contributed by atoms with van der Waals surface area (Å²) in [6.07, 6.45) is 1.46. The molecule has 0 amide bonds. The van der Waals surface area contributed by atoms with Crippen molar-refractivity contribution in [1.82, 2.24) is 0 Å². The number of carboxylic acid groups (broad SMARTS) is 1. The largest absolute Gasteiger partial charge is 0.493 e. The molecular weight excluding hydrogens is 308 g/mol. The highest BCUT2D eigenvalue weighted by atomic mass is 16.5. The van der Waals surface area contributed by atoms with E-state index in [1.807, 2.05) is 25.1 Å². The highest BCUT2D eigenvalue weighted by Gasteiger charge is 2.14. The molecule has 0 fully saturated rings. The molecule has 0 spiro atoms. The Labute approximate surface area is 141 Å². The third-order valence-corrected chi connectivity index (χ3v) is 4.08. The Bertz CT molecular complexity index is 712. The maximum Gasteiger partial charge on any atom is 0.335 e. The summed E-state index contributed by atoms with van der Waals surface area (Å²) in [5, 5.41) is 9.22. The fraction of sp³-hybridized carbons (Fsp3) is 0.316. The molecule has 5 heteroatoms. The first-order chi connectivity index (χ1) is 11.5. The van der Waals surface area contributed by atoms with Gasteiger partial charge in [0.1, 0.15) is 0 Å². The lowest BCUT2D eigenvalue weighted by molar-refractivity contribution is 0.0696. The number of benzene rings is 2. The van der Waals surface area contributed by atoms with Gasteiger partial charge in [0.15, 0.2) is 11.5 Å². The zero-order chi connectivity index (χ0) is 17.7. The van der Waals surface area contributed by atoms with Gasteiger partial charge in [0, 0.05) is 0 Å². The first kappa shape index (κ1) is 17.7. The van der Waals surface area contributed by atoms with Gasteiger partial charge in [0.25, 0.3) is 0 Å². The Kier molecular flexibility index (Phi) is 5.68. The van der Waals surface area contributed by atoms with Crippen molar-refractivity contribution in [1.29, 1.82) is 0 Å². The van der Waals surface area contributed by atoms with Gasteiger partial charge in [-0.15, -0.1) is 0 Å². The molecule has 0 aliphatic carbocycles. The molecule has 0 heterocycles. The molecule has 0 aliphatic rings. The lowest BCUT2D eigenvalue weighted by atomic mass is 9.96. The SMILES string of the molecule is COc1cc(CCc2cccc(C(=O)O)c2C)cc(OC)c1OC. The minimum Gasteiger partial charge on any atom is -0.493 e. The smallest absolute Gasteiger partial charge is 0.335 e. The number of aromatic carboxylic acids is 1. The minimum atomic E-state index is -0.901. The first-order valence-corrected chi connectivity index (χ1v) is 7.62. The average Bonchev–Trinajstić information content (AvgIpc) is 2.59. The van der Waals surface area contributed by atoms with Crippen LogP contribution in [-0.2, 0) is 12.8 Å². The third kappa shape index (κ3) is 3.62. The number of carbonyl (C=O) groups is 1. The van der Waals surface area contributed by atoms with Gasteiger partial charge in [-0.1, -0.05) is 12.1 Å². The van der Waals surface area contributed by atoms with Crippen LogP contribution in [0.2, 0.25) is 0 Å².